The summed E-state index contributed by atoms with van der Waals surface area (Å²) in [4.78, 5) is 19.5. The zero-order valence-electron chi connectivity index (χ0n) is 18.1. The van der Waals surface area contributed by atoms with E-state index in [1.54, 1.807) is 13.1 Å². The lowest BCUT2D eigenvalue weighted by Gasteiger charge is -2.24. The van der Waals surface area contributed by atoms with Crippen LogP contribution in [0.3, 0.4) is 0 Å². The van der Waals surface area contributed by atoms with Crippen molar-refractivity contribution in [1.29, 1.82) is 0 Å². The molecule has 1 heterocycles. The van der Waals surface area contributed by atoms with Gasteiger partial charge in [-0.3, -0.25) is 9.79 Å². The largest absolute Gasteiger partial charge is 0.361 e. The van der Waals surface area contributed by atoms with Gasteiger partial charge in [-0.05, 0) is 60.7 Å². The summed E-state index contributed by atoms with van der Waals surface area (Å²) in [5.41, 5.74) is 3.83. The Bertz CT molecular complexity index is 1090. The van der Waals surface area contributed by atoms with Gasteiger partial charge in [0, 0.05) is 48.8 Å². The number of H-pyrrole nitrogens is 1. The van der Waals surface area contributed by atoms with Crippen LogP contribution in [0.5, 0.6) is 0 Å². The number of nitrogens with one attached hydrogen (secondary N) is 4. The zero-order chi connectivity index (χ0) is 21.6. The Hall–Kier alpha value is -2.62. The number of anilines is 1. The van der Waals surface area contributed by atoms with E-state index in [-0.39, 0.29) is 41.6 Å². The highest BCUT2D eigenvalue weighted by Gasteiger charge is 2.25. The number of nitrogens with zero attached hydrogens (tertiary/aromatic N) is 1. The van der Waals surface area contributed by atoms with Gasteiger partial charge in [0.1, 0.15) is 5.82 Å². The first-order valence-electron chi connectivity index (χ1n) is 10.7. The van der Waals surface area contributed by atoms with Crippen molar-refractivity contribution in [2.45, 2.75) is 32.2 Å². The average molecular weight is 549 g/mol. The number of aromatic amines is 1. The number of benzene rings is 2. The minimum atomic E-state index is -0.240. The van der Waals surface area contributed by atoms with Gasteiger partial charge in [0.15, 0.2) is 5.96 Å². The predicted molar refractivity (Wildman–Crippen MR) is 138 cm³/mol. The second-order valence-electron chi connectivity index (χ2n) is 7.92. The highest BCUT2D eigenvalue weighted by molar-refractivity contribution is 14.0. The summed E-state index contributed by atoms with van der Waals surface area (Å²) >= 11 is 0. The molecule has 0 bridgehead atoms. The number of rotatable bonds is 7. The molecule has 2 aromatic carbocycles. The monoisotopic (exact) mass is 549 g/mol. The minimum Gasteiger partial charge on any atom is -0.361 e. The second kappa shape index (κ2) is 11.3. The molecule has 1 saturated carbocycles. The summed E-state index contributed by atoms with van der Waals surface area (Å²) in [7, 11) is 1.74. The third kappa shape index (κ3) is 5.99. The number of guanidine groups is 1. The molecule has 6 nitrogen and oxygen atoms in total. The number of fused-ring (bicyclic) bond motifs is 1. The van der Waals surface area contributed by atoms with Crippen molar-refractivity contribution >= 4 is 52.4 Å². The molecule has 0 atom stereocenters. The molecule has 32 heavy (non-hydrogen) atoms. The van der Waals surface area contributed by atoms with Gasteiger partial charge < -0.3 is 20.9 Å². The fourth-order valence-corrected chi connectivity index (χ4v) is 3.76. The molecule has 4 rings (SSSR count). The molecular weight excluding hydrogens is 520 g/mol. The molecule has 0 spiro atoms. The first kappa shape index (κ1) is 24.0. The molecule has 0 unspecified atom stereocenters. The van der Waals surface area contributed by atoms with Crippen LogP contribution in [0.2, 0.25) is 0 Å². The maximum atomic E-state index is 13.3. The van der Waals surface area contributed by atoms with Crippen LogP contribution in [0.1, 0.15) is 30.4 Å². The van der Waals surface area contributed by atoms with E-state index in [1.807, 2.05) is 30.5 Å². The molecule has 3 aromatic rings. The SMILES string of the molecule is CN=C(NCCc1c[nH]c2cc(F)ccc12)NCc1cccc(NC(=O)C2CCC2)c1.I. The third-order valence-corrected chi connectivity index (χ3v) is 5.77. The summed E-state index contributed by atoms with van der Waals surface area (Å²) in [5, 5.41) is 10.7. The molecule has 0 radical (unpaired) electrons. The summed E-state index contributed by atoms with van der Waals surface area (Å²) < 4.78 is 13.3. The Morgan fingerprint density at radius 3 is 2.78 bits per heavy atom. The third-order valence-electron chi connectivity index (χ3n) is 5.77. The van der Waals surface area contributed by atoms with Crippen molar-refractivity contribution < 1.29 is 9.18 Å². The van der Waals surface area contributed by atoms with Gasteiger partial charge in [0.25, 0.3) is 0 Å². The van der Waals surface area contributed by atoms with E-state index in [1.165, 1.54) is 12.1 Å². The van der Waals surface area contributed by atoms with Gasteiger partial charge in [-0.2, -0.15) is 0 Å². The lowest BCUT2D eigenvalue weighted by Crippen LogP contribution is -2.37. The summed E-state index contributed by atoms with van der Waals surface area (Å²) in [6, 6.07) is 12.7. The zero-order valence-corrected chi connectivity index (χ0v) is 20.4. The number of hydrogen-bond acceptors (Lipinski definition) is 2. The van der Waals surface area contributed by atoms with Crippen molar-refractivity contribution in [3.05, 3.63) is 65.6 Å². The van der Waals surface area contributed by atoms with Crippen LogP contribution < -0.4 is 16.0 Å². The van der Waals surface area contributed by atoms with E-state index >= 15 is 0 Å². The normalized spacial score (nSPS) is 13.9. The number of carbonyl (C=O) groups is 1. The van der Waals surface area contributed by atoms with Crippen LogP contribution in [-0.4, -0.2) is 30.4 Å². The average Bonchev–Trinajstić information content (AvgIpc) is 3.11. The Kier molecular flexibility index (Phi) is 8.49. The summed E-state index contributed by atoms with van der Waals surface area (Å²) in [6.45, 7) is 1.29. The van der Waals surface area contributed by atoms with E-state index in [4.69, 9.17) is 0 Å². The van der Waals surface area contributed by atoms with E-state index in [9.17, 15) is 9.18 Å². The van der Waals surface area contributed by atoms with Crippen LogP contribution in [-0.2, 0) is 17.8 Å². The molecule has 4 N–H and O–H groups in total. The summed E-state index contributed by atoms with van der Waals surface area (Å²) in [6.07, 6.45) is 5.84. The van der Waals surface area contributed by atoms with Gasteiger partial charge in [-0.25, -0.2) is 4.39 Å². The standard InChI is InChI=1S/C24H28FN5O.HI/c1-26-24(27-11-10-18-15-28-22-13-19(25)8-9-21(18)22)29-14-16-4-2-7-20(12-16)30-23(31)17-5-3-6-17;/h2,4,7-9,12-13,15,17,28H,3,5-6,10-11,14H2,1H3,(H,30,31)(H2,26,27,29);1H. The van der Waals surface area contributed by atoms with Crippen molar-refractivity contribution in [1.82, 2.24) is 15.6 Å². The van der Waals surface area contributed by atoms with E-state index < -0.39 is 0 Å². The van der Waals surface area contributed by atoms with E-state index in [0.717, 1.165) is 53.4 Å². The number of hydrogen-bond donors (Lipinski definition) is 4. The first-order chi connectivity index (χ1) is 15.1. The van der Waals surface area contributed by atoms with Crippen molar-refractivity contribution in [3.8, 4) is 0 Å². The smallest absolute Gasteiger partial charge is 0.227 e. The minimum absolute atomic E-state index is 0. The van der Waals surface area contributed by atoms with Crippen molar-refractivity contribution in [3.63, 3.8) is 0 Å². The van der Waals surface area contributed by atoms with Crippen LogP contribution >= 0.6 is 24.0 Å². The summed E-state index contributed by atoms with van der Waals surface area (Å²) in [5.74, 6) is 0.750. The fraction of sp³-hybridized carbons (Fsp3) is 0.333. The molecule has 1 aliphatic carbocycles. The number of amides is 1. The molecule has 1 aliphatic rings. The molecule has 8 heteroatoms. The first-order valence-corrected chi connectivity index (χ1v) is 10.7. The number of aromatic nitrogens is 1. The highest BCUT2D eigenvalue weighted by atomic mass is 127. The highest BCUT2D eigenvalue weighted by Crippen LogP contribution is 2.27. The Morgan fingerprint density at radius 1 is 1.19 bits per heavy atom. The lowest BCUT2D eigenvalue weighted by atomic mass is 9.85. The molecule has 1 aromatic heterocycles. The Labute approximate surface area is 204 Å². The molecule has 170 valence electrons. The fourth-order valence-electron chi connectivity index (χ4n) is 3.76. The maximum Gasteiger partial charge on any atom is 0.227 e. The Morgan fingerprint density at radius 2 is 2.03 bits per heavy atom. The lowest BCUT2D eigenvalue weighted by molar-refractivity contribution is -0.122. The van der Waals surface area contributed by atoms with E-state index in [0.29, 0.717) is 19.0 Å². The van der Waals surface area contributed by atoms with Crippen LogP contribution in [0.25, 0.3) is 10.9 Å². The van der Waals surface area contributed by atoms with Crippen LogP contribution in [0, 0.1) is 11.7 Å². The molecular formula is C24H29FIN5O. The molecule has 1 fully saturated rings. The van der Waals surface area contributed by atoms with Gasteiger partial charge in [-0.1, -0.05) is 18.6 Å². The molecule has 1 amide bonds. The topological polar surface area (TPSA) is 81.3 Å². The van der Waals surface area contributed by atoms with Crippen LogP contribution in [0.15, 0.2) is 53.7 Å². The predicted octanol–water partition coefficient (Wildman–Crippen LogP) is 4.57. The number of carbonyl (C=O) groups excluding carboxylic acids is 1. The van der Waals surface area contributed by atoms with Gasteiger partial charge in [0.2, 0.25) is 5.91 Å². The quantitative estimate of drug-likeness (QED) is 0.198. The Balaban J connectivity index is 0.00000289. The second-order valence-corrected chi connectivity index (χ2v) is 7.92. The molecule has 0 saturated heterocycles. The molecule has 0 aliphatic heterocycles. The van der Waals surface area contributed by atoms with Crippen molar-refractivity contribution in [2.75, 3.05) is 18.9 Å². The van der Waals surface area contributed by atoms with Crippen molar-refractivity contribution in [2.24, 2.45) is 10.9 Å². The van der Waals surface area contributed by atoms with Crippen LogP contribution in [0.4, 0.5) is 10.1 Å². The number of aliphatic imine (C=N–C) groups is 1. The van der Waals surface area contributed by atoms with Gasteiger partial charge in [-0.15, -0.1) is 24.0 Å². The van der Waals surface area contributed by atoms with E-state index in [2.05, 4.69) is 25.9 Å². The number of halogens is 2. The van der Waals surface area contributed by atoms with Gasteiger partial charge >= 0.3 is 0 Å². The van der Waals surface area contributed by atoms with Gasteiger partial charge in [0.05, 0.1) is 0 Å². The maximum absolute atomic E-state index is 13.3.